The zero-order valence-electron chi connectivity index (χ0n) is 14.7. The van der Waals surface area contributed by atoms with E-state index in [4.69, 9.17) is 4.42 Å². The number of aliphatic hydroxyl groups excluding tert-OH is 1. The van der Waals surface area contributed by atoms with Crippen LogP contribution in [-0.2, 0) is 6.54 Å². The molecule has 1 saturated heterocycles. The maximum atomic E-state index is 12.9. The predicted octanol–water partition coefficient (Wildman–Crippen LogP) is 1.56. The molecule has 1 aromatic carbocycles. The number of amides is 1. The molecule has 7 nitrogen and oxygen atoms in total. The molecular formula is C18H23FN4O3. The molecule has 0 bridgehead atoms. The Morgan fingerprint density at radius 3 is 2.58 bits per heavy atom. The average Bonchev–Trinajstić information content (AvgIpc) is 3.07. The highest BCUT2D eigenvalue weighted by molar-refractivity contribution is 6.02. The third-order valence-corrected chi connectivity index (χ3v) is 4.23. The number of nitrogens with one attached hydrogen (secondary N) is 1. The Morgan fingerprint density at radius 1 is 1.27 bits per heavy atom. The Kier molecular flexibility index (Phi) is 5.97. The minimum Gasteiger partial charge on any atom is -0.447 e. The number of carbonyl (C=O) groups excluding carboxylic acids is 1. The number of anilines is 1. The summed E-state index contributed by atoms with van der Waals surface area (Å²) < 4.78 is 18.3. The third-order valence-electron chi connectivity index (χ3n) is 4.23. The normalized spacial score (nSPS) is 17.2. The molecule has 0 radical (unpaired) electrons. The Labute approximate surface area is 151 Å². The Hall–Kier alpha value is -2.29. The van der Waals surface area contributed by atoms with Crippen LogP contribution in [0.4, 0.5) is 10.1 Å². The maximum Gasteiger partial charge on any atom is 0.277 e. The van der Waals surface area contributed by atoms with Gasteiger partial charge in [0, 0.05) is 38.4 Å². The number of hydrogen-bond donors (Lipinski definition) is 2. The molecule has 2 heterocycles. The molecule has 1 atom stereocenters. The summed E-state index contributed by atoms with van der Waals surface area (Å²) >= 11 is 0. The molecule has 26 heavy (non-hydrogen) atoms. The van der Waals surface area contributed by atoms with Gasteiger partial charge in [0.05, 0.1) is 12.6 Å². The van der Waals surface area contributed by atoms with Crippen LogP contribution >= 0.6 is 0 Å². The van der Waals surface area contributed by atoms with Crippen molar-refractivity contribution in [1.82, 2.24) is 14.8 Å². The summed E-state index contributed by atoms with van der Waals surface area (Å²) in [5.41, 5.74) is 0.687. The fourth-order valence-electron chi connectivity index (χ4n) is 2.91. The van der Waals surface area contributed by atoms with Gasteiger partial charge in [0.15, 0.2) is 5.69 Å². The molecule has 2 N–H and O–H groups in total. The van der Waals surface area contributed by atoms with Gasteiger partial charge in [0.1, 0.15) is 12.1 Å². The van der Waals surface area contributed by atoms with E-state index in [-0.39, 0.29) is 17.6 Å². The van der Waals surface area contributed by atoms with Crippen molar-refractivity contribution in [3.8, 4) is 0 Å². The van der Waals surface area contributed by atoms with Crippen LogP contribution in [0, 0.1) is 5.82 Å². The molecule has 3 rings (SSSR count). The van der Waals surface area contributed by atoms with Crippen molar-refractivity contribution in [3.05, 3.63) is 47.9 Å². The molecule has 0 unspecified atom stereocenters. The first kappa shape index (κ1) is 18.5. The van der Waals surface area contributed by atoms with Gasteiger partial charge in [-0.05, 0) is 31.2 Å². The maximum absolute atomic E-state index is 12.9. The van der Waals surface area contributed by atoms with E-state index in [2.05, 4.69) is 20.1 Å². The van der Waals surface area contributed by atoms with Crippen molar-refractivity contribution in [2.24, 2.45) is 0 Å². The molecule has 0 saturated carbocycles. The second kappa shape index (κ2) is 8.39. The van der Waals surface area contributed by atoms with Crippen molar-refractivity contribution in [1.29, 1.82) is 0 Å². The molecule has 0 aliphatic carbocycles. The summed E-state index contributed by atoms with van der Waals surface area (Å²) in [6.45, 7) is 6.47. The van der Waals surface area contributed by atoms with E-state index in [1.54, 1.807) is 6.92 Å². The van der Waals surface area contributed by atoms with Gasteiger partial charge in [-0.1, -0.05) is 0 Å². The average molecular weight is 362 g/mol. The van der Waals surface area contributed by atoms with Crippen LogP contribution in [0.25, 0.3) is 0 Å². The highest BCUT2D eigenvalue weighted by Crippen LogP contribution is 2.12. The molecule has 140 valence electrons. The van der Waals surface area contributed by atoms with Gasteiger partial charge in [-0.15, -0.1) is 0 Å². The minimum absolute atomic E-state index is 0.192. The molecule has 0 spiro atoms. The molecule has 1 fully saturated rings. The smallest absolute Gasteiger partial charge is 0.277 e. The Morgan fingerprint density at radius 2 is 1.92 bits per heavy atom. The summed E-state index contributed by atoms with van der Waals surface area (Å²) in [5, 5.41) is 12.1. The highest BCUT2D eigenvalue weighted by atomic mass is 19.1. The zero-order chi connectivity index (χ0) is 18.5. The lowest BCUT2D eigenvalue weighted by Gasteiger charge is -2.34. The first-order valence-corrected chi connectivity index (χ1v) is 8.63. The van der Waals surface area contributed by atoms with Gasteiger partial charge >= 0.3 is 0 Å². The van der Waals surface area contributed by atoms with E-state index in [1.165, 1.54) is 30.5 Å². The van der Waals surface area contributed by atoms with E-state index in [0.717, 1.165) is 26.2 Å². The molecule has 1 aliphatic heterocycles. The van der Waals surface area contributed by atoms with E-state index in [0.29, 0.717) is 24.7 Å². The molecule has 1 aliphatic rings. The summed E-state index contributed by atoms with van der Waals surface area (Å²) in [4.78, 5) is 20.8. The molecule has 1 aromatic heterocycles. The second-order valence-electron chi connectivity index (χ2n) is 6.51. The number of nitrogens with zero attached hydrogens (tertiary/aromatic N) is 3. The largest absolute Gasteiger partial charge is 0.447 e. The lowest BCUT2D eigenvalue weighted by molar-refractivity contribution is 0.0747. The van der Waals surface area contributed by atoms with Gasteiger partial charge in [-0.25, -0.2) is 9.37 Å². The van der Waals surface area contributed by atoms with E-state index < -0.39 is 5.91 Å². The Bertz CT molecular complexity index is 724. The number of oxazole rings is 1. The summed E-state index contributed by atoms with van der Waals surface area (Å²) in [6, 6.07) is 5.53. The van der Waals surface area contributed by atoms with Crippen LogP contribution in [-0.4, -0.2) is 64.6 Å². The number of aliphatic hydroxyl groups is 1. The minimum atomic E-state index is -0.395. The number of rotatable bonds is 6. The molecular weight excluding hydrogens is 339 g/mol. The molecule has 1 amide bonds. The van der Waals surface area contributed by atoms with Gasteiger partial charge in [0.25, 0.3) is 5.91 Å². The van der Waals surface area contributed by atoms with Gasteiger partial charge in [-0.3, -0.25) is 14.6 Å². The van der Waals surface area contributed by atoms with Crippen LogP contribution in [0.1, 0.15) is 23.3 Å². The number of halogens is 1. The van der Waals surface area contributed by atoms with Crippen molar-refractivity contribution >= 4 is 11.6 Å². The van der Waals surface area contributed by atoms with Crippen LogP contribution < -0.4 is 5.32 Å². The summed E-state index contributed by atoms with van der Waals surface area (Å²) in [7, 11) is 0. The lowest BCUT2D eigenvalue weighted by atomic mass is 10.3. The van der Waals surface area contributed by atoms with Crippen LogP contribution in [0.2, 0.25) is 0 Å². The third kappa shape index (κ3) is 5.10. The SMILES string of the molecule is C[C@@H](O)CN1CCN(Cc2nc(C(=O)Nc3ccc(F)cc3)co2)CC1. The molecule has 8 heteroatoms. The number of benzene rings is 1. The van der Waals surface area contributed by atoms with E-state index in [1.807, 2.05) is 0 Å². The summed E-state index contributed by atoms with van der Waals surface area (Å²) in [6.07, 6.45) is 1.01. The number of β-amino-alcohol motifs (C(OH)–C–C–N with tert-alkyl or cyclic N) is 1. The number of piperazine rings is 1. The van der Waals surface area contributed by atoms with E-state index >= 15 is 0 Å². The molecule has 2 aromatic rings. The number of carbonyl (C=O) groups is 1. The van der Waals surface area contributed by atoms with Crippen LogP contribution in [0.5, 0.6) is 0 Å². The van der Waals surface area contributed by atoms with Gasteiger partial charge in [0.2, 0.25) is 5.89 Å². The monoisotopic (exact) mass is 362 g/mol. The van der Waals surface area contributed by atoms with Crippen LogP contribution in [0.3, 0.4) is 0 Å². The first-order chi connectivity index (χ1) is 12.5. The van der Waals surface area contributed by atoms with Crippen LogP contribution in [0.15, 0.2) is 34.9 Å². The zero-order valence-corrected chi connectivity index (χ0v) is 14.7. The quantitative estimate of drug-likeness (QED) is 0.812. The fraction of sp³-hybridized carbons (Fsp3) is 0.444. The van der Waals surface area contributed by atoms with Gasteiger partial charge < -0.3 is 14.8 Å². The fourth-order valence-corrected chi connectivity index (χ4v) is 2.91. The topological polar surface area (TPSA) is 81.8 Å². The van der Waals surface area contributed by atoms with Gasteiger partial charge in [-0.2, -0.15) is 0 Å². The van der Waals surface area contributed by atoms with E-state index in [9.17, 15) is 14.3 Å². The summed E-state index contributed by atoms with van der Waals surface area (Å²) in [5.74, 6) is -0.271. The number of aromatic nitrogens is 1. The van der Waals surface area contributed by atoms with Crippen molar-refractivity contribution in [3.63, 3.8) is 0 Å². The van der Waals surface area contributed by atoms with Crippen molar-refractivity contribution < 1.29 is 18.7 Å². The van der Waals surface area contributed by atoms with Crippen molar-refractivity contribution in [2.75, 3.05) is 38.0 Å². The second-order valence-corrected chi connectivity index (χ2v) is 6.51. The van der Waals surface area contributed by atoms with Crippen molar-refractivity contribution in [2.45, 2.75) is 19.6 Å². The Balaban J connectivity index is 1.50. The highest BCUT2D eigenvalue weighted by Gasteiger charge is 2.20. The lowest BCUT2D eigenvalue weighted by Crippen LogP contribution is -2.47. The first-order valence-electron chi connectivity index (χ1n) is 8.63. The standard InChI is InChI=1S/C18H23FN4O3/c1-13(24)10-22-6-8-23(9-7-22)11-17-21-16(12-26-17)18(25)20-15-4-2-14(19)3-5-15/h2-5,12-13,24H,6-11H2,1H3,(H,20,25)/t13-/m1/s1. The number of hydrogen-bond acceptors (Lipinski definition) is 6. The predicted molar refractivity (Wildman–Crippen MR) is 94.3 cm³/mol.